The highest BCUT2D eigenvalue weighted by molar-refractivity contribution is 5.07. The van der Waals surface area contributed by atoms with E-state index in [1.165, 1.54) is 24.8 Å². The van der Waals surface area contributed by atoms with Crippen LogP contribution in [-0.2, 0) is 13.0 Å². The van der Waals surface area contributed by atoms with Crippen LogP contribution < -0.4 is 0 Å². The third kappa shape index (κ3) is 3.40. The highest BCUT2D eigenvalue weighted by atomic mass is 16.3. The first-order valence-electron chi connectivity index (χ1n) is 6.52. The van der Waals surface area contributed by atoms with Crippen LogP contribution in [0.5, 0.6) is 0 Å². The Morgan fingerprint density at radius 2 is 2.29 bits per heavy atom. The predicted octanol–water partition coefficient (Wildman–Crippen LogP) is 2.09. The molecule has 0 aliphatic heterocycles. The Labute approximate surface area is 102 Å². The highest BCUT2D eigenvalue weighted by Crippen LogP contribution is 2.22. The van der Waals surface area contributed by atoms with Crippen LogP contribution in [0.2, 0.25) is 0 Å². The molecule has 0 radical (unpaired) electrons. The van der Waals surface area contributed by atoms with Crippen LogP contribution in [-0.4, -0.2) is 26.0 Å². The van der Waals surface area contributed by atoms with Crippen molar-refractivity contribution in [1.29, 1.82) is 0 Å². The summed E-state index contributed by atoms with van der Waals surface area (Å²) in [6, 6.07) is 0. The van der Waals surface area contributed by atoms with Crippen LogP contribution in [0.25, 0.3) is 0 Å². The molecule has 0 aromatic carbocycles. The van der Waals surface area contributed by atoms with E-state index in [0.717, 1.165) is 25.2 Å². The lowest BCUT2D eigenvalue weighted by Crippen LogP contribution is -2.16. The third-order valence-electron chi connectivity index (χ3n) is 3.30. The Morgan fingerprint density at radius 1 is 1.41 bits per heavy atom. The third-order valence-corrected chi connectivity index (χ3v) is 3.30. The number of aliphatic hydroxyl groups excluding tert-OH is 1. The zero-order valence-electron chi connectivity index (χ0n) is 10.5. The topological polar surface area (TPSA) is 50.9 Å². The molecule has 1 unspecified atom stereocenters. The van der Waals surface area contributed by atoms with Gasteiger partial charge in [0.15, 0.2) is 0 Å². The van der Waals surface area contributed by atoms with E-state index in [1.54, 1.807) is 6.33 Å². The number of nitrogens with zero attached hydrogens (tertiary/aromatic N) is 3. The minimum absolute atomic E-state index is 0.325. The van der Waals surface area contributed by atoms with Gasteiger partial charge in [-0.25, -0.2) is 4.98 Å². The highest BCUT2D eigenvalue weighted by Gasteiger charge is 2.13. The normalized spacial score (nSPS) is 17.9. The maximum absolute atomic E-state index is 10.1. The van der Waals surface area contributed by atoms with Crippen LogP contribution in [0, 0.1) is 0 Å². The van der Waals surface area contributed by atoms with Crippen LogP contribution in [0.1, 0.15) is 44.9 Å². The first kappa shape index (κ1) is 12.3. The summed E-state index contributed by atoms with van der Waals surface area (Å²) < 4.78 is 1.85. The number of aliphatic hydroxyl groups is 1. The number of rotatable bonds is 5. The molecular formula is C13H21N3O. The molecule has 0 fully saturated rings. The molecule has 2 rings (SSSR count). The summed E-state index contributed by atoms with van der Waals surface area (Å²) >= 11 is 0. The van der Waals surface area contributed by atoms with Crippen molar-refractivity contribution in [2.45, 2.75) is 58.1 Å². The number of allylic oxidation sites excluding steroid dienone is 1. The van der Waals surface area contributed by atoms with Gasteiger partial charge in [0, 0.05) is 13.0 Å². The lowest BCUT2D eigenvalue weighted by molar-refractivity contribution is 0.169. The van der Waals surface area contributed by atoms with E-state index in [-0.39, 0.29) is 6.10 Å². The van der Waals surface area contributed by atoms with Crippen molar-refractivity contribution < 1.29 is 5.11 Å². The molecule has 4 heteroatoms. The van der Waals surface area contributed by atoms with Crippen molar-refractivity contribution in [3.63, 3.8) is 0 Å². The van der Waals surface area contributed by atoms with Gasteiger partial charge in [-0.05, 0) is 39.0 Å². The second kappa shape index (κ2) is 5.96. The summed E-state index contributed by atoms with van der Waals surface area (Å²) in [4.78, 5) is 4.19. The Morgan fingerprint density at radius 3 is 3.00 bits per heavy atom. The van der Waals surface area contributed by atoms with Gasteiger partial charge in [0.2, 0.25) is 0 Å². The molecular weight excluding hydrogens is 214 g/mol. The van der Waals surface area contributed by atoms with Gasteiger partial charge in [0.05, 0.1) is 6.10 Å². The summed E-state index contributed by atoms with van der Waals surface area (Å²) in [6.07, 6.45) is 9.80. The summed E-state index contributed by atoms with van der Waals surface area (Å²) in [6.45, 7) is 2.85. The SMILES string of the molecule is CCn1ncnc1CC(O)CC1=CCCCC1. The standard InChI is InChI=1S/C13H21N3O/c1-2-16-13(14-10-15-16)9-12(17)8-11-6-4-3-5-7-11/h6,10,12,17H,2-5,7-9H2,1H3. The van der Waals surface area contributed by atoms with Crippen molar-refractivity contribution in [1.82, 2.24) is 14.8 Å². The molecule has 1 atom stereocenters. The molecule has 1 aliphatic rings. The van der Waals surface area contributed by atoms with Gasteiger partial charge in [-0.1, -0.05) is 11.6 Å². The Balaban J connectivity index is 1.88. The molecule has 94 valence electrons. The average Bonchev–Trinajstić information content (AvgIpc) is 2.77. The molecule has 0 amide bonds. The number of hydrogen-bond acceptors (Lipinski definition) is 3. The number of aryl methyl sites for hydroxylation is 1. The Hall–Kier alpha value is -1.16. The molecule has 1 aliphatic carbocycles. The fraction of sp³-hybridized carbons (Fsp3) is 0.692. The molecule has 1 heterocycles. The molecule has 17 heavy (non-hydrogen) atoms. The van der Waals surface area contributed by atoms with E-state index in [2.05, 4.69) is 16.2 Å². The van der Waals surface area contributed by atoms with E-state index in [4.69, 9.17) is 0 Å². The van der Waals surface area contributed by atoms with Crippen molar-refractivity contribution in [3.8, 4) is 0 Å². The fourth-order valence-corrected chi connectivity index (χ4v) is 2.39. The molecule has 1 aromatic rings. The predicted molar refractivity (Wildman–Crippen MR) is 66.6 cm³/mol. The van der Waals surface area contributed by atoms with Crippen molar-refractivity contribution >= 4 is 0 Å². The van der Waals surface area contributed by atoms with Gasteiger partial charge in [0.25, 0.3) is 0 Å². The molecule has 1 N–H and O–H groups in total. The second-order valence-electron chi connectivity index (χ2n) is 4.66. The zero-order chi connectivity index (χ0) is 12.1. The first-order valence-corrected chi connectivity index (χ1v) is 6.52. The van der Waals surface area contributed by atoms with E-state index in [1.807, 2.05) is 11.6 Å². The minimum Gasteiger partial charge on any atom is -0.392 e. The van der Waals surface area contributed by atoms with Crippen molar-refractivity contribution in [3.05, 3.63) is 23.8 Å². The van der Waals surface area contributed by atoms with Crippen LogP contribution >= 0.6 is 0 Å². The van der Waals surface area contributed by atoms with Gasteiger partial charge in [-0.3, -0.25) is 4.68 Å². The number of aromatic nitrogens is 3. The fourth-order valence-electron chi connectivity index (χ4n) is 2.39. The molecule has 0 saturated heterocycles. The summed E-state index contributed by atoms with van der Waals surface area (Å²) in [7, 11) is 0. The van der Waals surface area contributed by atoms with Crippen molar-refractivity contribution in [2.75, 3.05) is 0 Å². The molecule has 4 nitrogen and oxygen atoms in total. The van der Waals surface area contributed by atoms with Crippen molar-refractivity contribution in [2.24, 2.45) is 0 Å². The van der Waals surface area contributed by atoms with E-state index >= 15 is 0 Å². The van der Waals surface area contributed by atoms with Gasteiger partial charge in [-0.15, -0.1) is 0 Å². The van der Waals surface area contributed by atoms with Gasteiger partial charge in [-0.2, -0.15) is 5.10 Å². The molecule has 1 aromatic heterocycles. The molecule has 0 saturated carbocycles. The second-order valence-corrected chi connectivity index (χ2v) is 4.66. The van der Waals surface area contributed by atoms with Crippen LogP contribution in [0.15, 0.2) is 18.0 Å². The van der Waals surface area contributed by atoms with Crippen LogP contribution in [0.4, 0.5) is 0 Å². The monoisotopic (exact) mass is 235 g/mol. The minimum atomic E-state index is -0.325. The Kier molecular flexibility index (Phi) is 4.31. The van der Waals surface area contributed by atoms with E-state index < -0.39 is 0 Å². The average molecular weight is 235 g/mol. The van der Waals surface area contributed by atoms with Gasteiger partial charge in [0.1, 0.15) is 12.2 Å². The lowest BCUT2D eigenvalue weighted by Gasteiger charge is -2.16. The van der Waals surface area contributed by atoms with E-state index in [0.29, 0.717) is 6.42 Å². The quantitative estimate of drug-likeness (QED) is 0.795. The lowest BCUT2D eigenvalue weighted by atomic mass is 9.94. The maximum atomic E-state index is 10.1. The first-order chi connectivity index (χ1) is 8.29. The summed E-state index contributed by atoms with van der Waals surface area (Å²) in [5.41, 5.74) is 1.41. The smallest absolute Gasteiger partial charge is 0.138 e. The Bertz CT molecular complexity index is 384. The largest absolute Gasteiger partial charge is 0.392 e. The van der Waals surface area contributed by atoms with Crippen LogP contribution in [0.3, 0.4) is 0 Å². The number of hydrogen-bond donors (Lipinski definition) is 1. The van der Waals surface area contributed by atoms with Gasteiger partial charge < -0.3 is 5.11 Å². The summed E-state index contributed by atoms with van der Waals surface area (Å²) in [5, 5.41) is 14.2. The summed E-state index contributed by atoms with van der Waals surface area (Å²) in [5.74, 6) is 0.886. The molecule has 0 bridgehead atoms. The van der Waals surface area contributed by atoms with E-state index in [9.17, 15) is 5.11 Å². The van der Waals surface area contributed by atoms with Gasteiger partial charge >= 0.3 is 0 Å². The maximum Gasteiger partial charge on any atom is 0.138 e. The zero-order valence-corrected chi connectivity index (χ0v) is 10.5. The molecule has 0 spiro atoms.